The van der Waals surface area contributed by atoms with E-state index in [1.807, 2.05) is 0 Å². The average Bonchev–Trinajstić information content (AvgIpc) is 3.20. The van der Waals surface area contributed by atoms with Crippen molar-refractivity contribution in [3.63, 3.8) is 0 Å². The van der Waals surface area contributed by atoms with Crippen LogP contribution in [0.4, 0.5) is 17.6 Å². The van der Waals surface area contributed by atoms with Gasteiger partial charge in [-0.15, -0.1) is 0 Å². The van der Waals surface area contributed by atoms with Crippen LogP contribution < -0.4 is 0 Å². The molecule has 163 valence electrons. The lowest BCUT2D eigenvalue weighted by molar-refractivity contribution is 0.537. The minimum absolute atomic E-state index is 0.166. The van der Waals surface area contributed by atoms with Gasteiger partial charge < -0.3 is 0 Å². The van der Waals surface area contributed by atoms with Crippen molar-refractivity contribution < 1.29 is 26.0 Å². The summed E-state index contributed by atoms with van der Waals surface area (Å²) in [4.78, 5) is 1.78. The van der Waals surface area contributed by atoms with Gasteiger partial charge in [-0.3, -0.25) is 9.67 Å². The van der Waals surface area contributed by atoms with Gasteiger partial charge in [0, 0.05) is 36.8 Å². The molecule has 0 fully saturated rings. The fourth-order valence-corrected chi connectivity index (χ4v) is 4.58. The molecule has 5 nitrogen and oxygen atoms in total. The summed E-state index contributed by atoms with van der Waals surface area (Å²) in [7, 11) is -4.88. The smallest absolute Gasteiger partial charge is 0.212 e. The van der Waals surface area contributed by atoms with E-state index in [9.17, 15) is 21.6 Å². The monoisotopic (exact) mass is 460 g/mol. The highest BCUT2D eigenvalue weighted by Gasteiger charge is 2.31. The Morgan fingerprint density at radius 1 is 1.03 bits per heavy atom. The third-order valence-corrected chi connectivity index (χ3v) is 6.54. The number of aromatic nitrogens is 3. The third-order valence-electron chi connectivity index (χ3n) is 4.77. The van der Waals surface area contributed by atoms with Crippen molar-refractivity contribution in [1.29, 1.82) is 0 Å². The molecule has 2 heterocycles. The summed E-state index contributed by atoms with van der Waals surface area (Å²) in [6.07, 6.45) is 4.51. The van der Waals surface area contributed by atoms with E-state index < -0.39 is 48.5 Å². The second kappa shape index (κ2) is 8.19. The Morgan fingerprint density at radius 3 is 2.44 bits per heavy atom. The molecule has 10 heteroatoms. The van der Waals surface area contributed by atoms with Crippen LogP contribution in [0.1, 0.15) is 6.92 Å². The normalized spacial score (nSPS) is 11.7. The number of hydrogen-bond acceptors (Lipinski definition) is 4. The quantitative estimate of drug-likeness (QED) is 0.316. The fraction of sp³-hybridized carbons (Fsp3) is 0.0909. The van der Waals surface area contributed by atoms with Crippen molar-refractivity contribution in [1.82, 2.24) is 14.8 Å². The largest absolute Gasteiger partial charge is 0.272 e. The number of halogens is 4. The Hall–Kier alpha value is -3.53. The highest BCUT2D eigenvalue weighted by atomic mass is 32.2. The van der Waals surface area contributed by atoms with E-state index >= 15 is 4.39 Å². The van der Waals surface area contributed by atoms with Gasteiger partial charge in [-0.1, -0.05) is 0 Å². The van der Waals surface area contributed by atoms with Crippen LogP contribution in [-0.4, -0.2) is 23.2 Å². The first-order chi connectivity index (χ1) is 15.2. The molecule has 0 saturated heterocycles. The lowest BCUT2D eigenvalue weighted by Gasteiger charge is -2.11. The second-order valence-electron chi connectivity index (χ2n) is 6.72. The summed E-state index contributed by atoms with van der Waals surface area (Å²) in [5, 5.41) is 4.19. The molecule has 2 aromatic heterocycles. The predicted octanol–water partition coefficient (Wildman–Crippen LogP) is 4.82. The van der Waals surface area contributed by atoms with E-state index in [1.54, 1.807) is 25.3 Å². The van der Waals surface area contributed by atoms with Crippen molar-refractivity contribution in [3.8, 4) is 22.4 Å². The van der Waals surface area contributed by atoms with Crippen LogP contribution in [-0.2, 0) is 16.4 Å². The Morgan fingerprint density at radius 2 is 1.75 bits per heavy atom. The number of pyridine rings is 1. The zero-order valence-corrected chi connectivity index (χ0v) is 17.3. The molecule has 0 unspecified atom stereocenters. The van der Waals surface area contributed by atoms with Crippen molar-refractivity contribution >= 4 is 9.84 Å². The molecule has 0 amide bonds. The van der Waals surface area contributed by atoms with E-state index in [1.165, 1.54) is 17.1 Å². The number of sulfone groups is 1. The van der Waals surface area contributed by atoms with Gasteiger partial charge in [-0.2, -0.15) is 5.10 Å². The molecule has 4 rings (SSSR count). The van der Waals surface area contributed by atoms with E-state index in [-0.39, 0.29) is 5.69 Å². The van der Waals surface area contributed by atoms with Gasteiger partial charge in [0.25, 0.3) is 0 Å². The lowest BCUT2D eigenvalue weighted by atomic mass is 10.0. The predicted molar refractivity (Wildman–Crippen MR) is 107 cm³/mol. The van der Waals surface area contributed by atoms with Crippen LogP contribution in [0.3, 0.4) is 0 Å². The van der Waals surface area contributed by atoms with Crippen LogP contribution in [0.25, 0.3) is 22.4 Å². The van der Waals surface area contributed by atoms with Gasteiger partial charge in [0.2, 0.25) is 9.84 Å². The molecule has 0 aliphatic rings. The molecule has 0 spiro atoms. The summed E-state index contributed by atoms with van der Waals surface area (Å²) in [6.45, 7) is 2.14. The molecule has 0 aliphatic heterocycles. The number of nitrogens with zero attached hydrogens (tertiary/aromatic N) is 3. The van der Waals surface area contributed by atoms with E-state index in [0.717, 1.165) is 6.07 Å². The molecule has 4 aromatic rings. The molecular weight excluding hydrogens is 446 g/mol. The van der Waals surface area contributed by atoms with Crippen molar-refractivity contribution in [2.24, 2.45) is 0 Å². The van der Waals surface area contributed by atoms with Gasteiger partial charge >= 0.3 is 0 Å². The Labute approximate surface area is 180 Å². The molecule has 2 aromatic carbocycles. The first-order valence-corrected chi connectivity index (χ1v) is 10.8. The number of aryl methyl sites for hydroxylation is 1. The van der Waals surface area contributed by atoms with E-state index in [0.29, 0.717) is 35.9 Å². The molecule has 0 saturated carbocycles. The Bertz CT molecular complexity index is 1420. The molecular formula is C22H14F4N3O2S. The second-order valence-corrected chi connectivity index (χ2v) is 8.60. The van der Waals surface area contributed by atoms with Gasteiger partial charge in [0.05, 0.1) is 5.56 Å². The van der Waals surface area contributed by atoms with Gasteiger partial charge in [0.15, 0.2) is 5.82 Å². The highest BCUT2D eigenvalue weighted by Crippen LogP contribution is 2.37. The molecule has 0 atom stereocenters. The number of benzene rings is 2. The first kappa shape index (κ1) is 21.7. The molecule has 0 N–H and O–H groups in total. The topological polar surface area (TPSA) is 64.8 Å². The first-order valence-electron chi connectivity index (χ1n) is 9.32. The lowest BCUT2D eigenvalue weighted by Crippen LogP contribution is -2.09. The van der Waals surface area contributed by atoms with E-state index in [4.69, 9.17) is 0 Å². The Kier molecular flexibility index (Phi) is 5.55. The number of hydrogen-bond donors (Lipinski definition) is 0. The average molecular weight is 460 g/mol. The van der Waals surface area contributed by atoms with Crippen LogP contribution in [0.15, 0.2) is 64.8 Å². The van der Waals surface area contributed by atoms with Crippen LogP contribution in [0.5, 0.6) is 0 Å². The van der Waals surface area contributed by atoms with Crippen molar-refractivity contribution in [2.75, 3.05) is 0 Å². The minimum Gasteiger partial charge on any atom is -0.272 e. The molecule has 32 heavy (non-hydrogen) atoms. The summed E-state index contributed by atoms with van der Waals surface area (Å²) in [5.74, 6) is -4.97. The molecule has 1 radical (unpaired) electrons. The van der Waals surface area contributed by atoms with Crippen LogP contribution in [0, 0.1) is 29.3 Å². The third kappa shape index (κ3) is 3.66. The summed E-state index contributed by atoms with van der Waals surface area (Å²) in [6, 6.07) is 7.58. The number of rotatable bonds is 5. The zero-order valence-electron chi connectivity index (χ0n) is 16.5. The Balaban J connectivity index is 1.97. The summed E-state index contributed by atoms with van der Waals surface area (Å²) < 4.78 is 85.3. The SMILES string of the molecule is CCn1cc(-c2ccncc2)c(-c2c(F)[c]cc(S(=O)(=O)c3cc(F)ccc3F)c2F)n1. The van der Waals surface area contributed by atoms with E-state index in [2.05, 4.69) is 16.1 Å². The summed E-state index contributed by atoms with van der Waals surface area (Å²) >= 11 is 0. The zero-order chi connectivity index (χ0) is 23.0. The highest BCUT2D eigenvalue weighted by molar-refractivity contribution is 7.91. The van der Waals surface area contributed by atoms with Gasteiger partial charge in [-0.05, 0) is 48.9 Å². The maximum absolute atomic E-state index is 15.5. The standard InChI is InChI=1S/C22H14F4N3O2S/c1-2-29-12-15(13-7-9-27-10-8-13)22(28-29)20-17(25)5-6-18(21(20)26)32(30,31)19-11-14(23)3-4-16(19)24/h3-4,6-12H,2H2,1H3. The minimum atomic E-state index is -4.88. The summed E-state index contributed by atoms with van der Waals surface area (Å²) in [5.41, 5.74) is -0.0483. The van der Waals surface area contributed by atoms with Gasteiger partial charge in [0.1, 0.15) is 32.9 Å². The maximum Gasteiger partial charge on any atom is 0.212 e. The molecule has 0 aliphatic carbocycles. The van der Waals surface area contributed by atoms with Crippen LogP contribution >= 0.6 is 0 Å². The maximum atomic E-state index is 15.5. The van der Waals surface area contributed by atoms with Gasteiger partial charge in [-0.25, -0.2) is 26.0 Å². The van der Waals surface area contributed by atoms with Crippen molar-refractivity contribution in [3.05, 3.63) is 84.3 Å². The fourth-order valence-electron chi connectivity index (χ4n) is 3.20. The van der Waals surface area contributed by atoms with Crippen LogP contribution in [0.2, 0.25) is 0 Å². The van der Waals surface area contributed by atoms with Crippen molar-refractivity contribution in [2.45, 2.75) is 23.3 Å². The molecule has 0 bridgehead atoms.